The van der Waals surface area contributed by atoms with Gasteiger partial charge in [0.05, 0.1) is 24.4 Å². The number of rotatable bonds is 6. The van der Waals surface area contributed by atoms with Gasteiger partial charge in [0, 0.05) is 18.1 Å². The van der Waals surface area contributed by atoms with Crippen LogP contribution in [0.2, 0.25) is 0 Å². The van der Waals surface area contributed by atoms with E-state index in [2.05, 4.69) is 4.98 Å². The topological polar surface area (TPSA) is 42.4 Å². The van der Waals surface area contributed by atoms with E-state index in [0.29, 0.717) is 18.3 Å². The van der Waals surface area contributed by atoms with Crippen LogP contribution >= 0.6 is 11.3 Å². The second-order valence-electron chi connectivity index (χ2n) is 5.31. The van der Waals surface area contributed by atoms with Gasteiger partial charge in [0.15, 0.2) is 5.13 Å². The Hall–Kier alpha value is -2.57. The Morgan fingerprint density at radius 2 is 1.88 bits per heavy atom. The quantitative estimate of drug-likeness (QED) is 0.663. The fourth-order valence-corrected chi connectivity index (χ4v) is 3.23. The number of methoxy groups -OCH3 is 1. The number of amides is 1. The fraction of sp³-hybridized carbons (Fsp3) is 0.158. The monoisotopic (exact) mass is 356 g/mol. The van der Waals surface area contributed by atoms with Crippen LogP contribution in [0, 0.1) is 5.82 Å². The molecule has 1 heterocycles. The Morgan fingerprint density at radius 3 is 2.60 bits per heavy atom. The number of hydrogen-bond acceptors (Lipinski definition) is 4. The minimum absolute atomic E-state index is 0.0232. The Bertz CT molecular complexity index is 851. The van der Waals surface area contributed by atoms with E-state index in [9.17, 15) is 9.18 Å². The summed E-state index contributed by atoms with van der Waals surface area (Å²) in [6.07, 6.45) is 0. The highest BCUT2D eigenvalue weighted by Gasteiger charge is 2.23. The lowest BCUT2D eigenvalue weighted by molar-refractivity contribution is 0.0972. The summed E-state index contributed by atoms with van der Waals surface area (Å²) in [6.45, 7) is 0.631. The number of carbonyl (C=O) groups excluding carboxylic acids is 1. The lowest BCUT2D eigenvalue weighted by atomic mass is 10.2. The maximum Gasteiger partial charge on any atom is 0.263 e. The van der Waals surface area contributed by atoms with E-state index < -0.39 is 11.7 Å². The molecular weight excluding hydrogens is 339 g/mol. The van der Waals surface area contributed by atoms with Crippen molar-refractivity contribution in [3.05, 3.63) is 71.4 Å². The van der Waals surface area contributed by atoms with Crippen LogP contribution in [0.3, 0.4) is 0 Å². The molecule has 0 bridgehead atoms. The van der Waals surface area contributed by atoms with Crippen molar-refractivity contribution in [3.8, 4) is 11.3 Å². The standard InChI is InChI=1S/C19H17FN2O2S/c1-24-12-11-22(18(23)15-9-5-6-10-16(15)20)19-21-17(13-25-19)14-7-3-2-4-8-14/h2-10,13H,11-12H2,1H3. The molecule has 1 amide bonds. The number of anilines is 1. The number of halogens is 1. The van der Waals surface area contributed by atoms with Crippen LogP contribution in [-0.2, 0) is 4.74 Å². The highest BCUT2D eigenvalue weighted by molar-refractivity contribution is 7.14. The molecule has 1 aromatic heterocycles. The normalized spacial score (nSPS) is 10.6. The fourth-order valence-electron chi connectivity index (χ4n) is 2.38. The van der Waals surface area contributed by atoms with Crippen molar-refractivity contribution < 1.29 is 13.9 Å². The summed E-state index contributed by atoms with van der Waals surface area (Å²) in [5, 5.41) is 2.41. The summed E-state index contributed by atoms with van der Waals surface area (Å²) < 4.78 is 19.1. The predicted octanol–water partition coefficient (Wildman–Crippen LogP) is 4.24. The van der Waals surface area contributed by atoms with Gasteiger partial charge in [-0.15, -0.1) is 11.3 Å². The van der Waals surface area contributed by atoms with Gasteiger partial charge >= 0.3 is 0 Å². The molecule has 0 saturated heterocycles. The van der Waals surface area contributed by atoms with Crippen molar-refractivity contribution in [1.82, 2.24) is 4.98 Å². The number of hydrogen-bond donors (Lipinski definition) is 0. The first-order valence-corrected chi connectivity index (χ1v) is 8.65. The number of aromatic nitrogens is 1. The van der Waals surface area contributed by atoms with Gasteiger partial charge in [0.25, 0.3) is 5.91 Å². The van der Waals surface area contributed by atoms with Crippen molar-refractivity contribution in [2.45, 2.75) is 0 Å². The minimum atomic E-state index is -0.547. The molecule has 0 N–H and O–H groups in total. The molecule has 4 nitrogen and oxygen atoms in total. The molecule has 0 spiro atoms. The van der Waals surface area contributed by atoms with Crippen molar-refractivity contribution >= 4 is 22.4 Å². The maximum atomic E-state index is 14.0. The third-order valence-corrected chi connectivity index (χ3v) is 4.52. The Labute approximate surface area is 149 Å². The van der Waals surface area contributed by atoms with E-state index in [4.69, 9.17) is 4.74 Å². The summed E-state index contributed by atoms with van der Waals surface area (Å²) in [4.78, 5) is 18.8. The number of carbonyl (C=O) groups is 1. The van der Waals surface area contributed by atoms with E-state index >= 15 is 0 Å². The zero-order chi connectivity index (χ0) is 17.6. The Kier molecular flexibility index (Phi) is 5.53. The molecular formula is C19H17FN2O2S. The van der Waals surface area contributed by atoms with Crippen LogP contribution < -0.4 is 4.90 Å². The van der Waals surface area contributed by atoms with Crippen LogP contribution in [0.15, 0.2) is 60.0 Å². The summed E-state index contributed by atoms with van der Waals surface area (Å²) in [7, 11) is 1.56. The van der Waals surface area contributed by atoms with Gasteiger partial charge in [-0.3, -0.25) is 9.69 Å². The van der Waals surface area contributed by atoms with Crippen molar-refractivity contribution in [1.29, 1.82) is 0 Å². The molecule has 3 aromatic rings. The Balaban J connectivity index is 1.92. The van der Waals surface area contributed by atoms with E-state index in [1.165, 1.54) is 28.4 Å². The third kappa shape index (κ3) is 3.92. The lowest BCUT2D eigenvalue weighted by Gasteiger charge is -2.19. The molecule has 0 fully saturated rings. The molecule has 0 saturated carbocycles. The highest BCUT2D eigenvalue weighted by Crippen LogP contribution is 2.28. The summed E-state index contributed by atoms with van der Waals surface area (Å²) in [6, 6.07) is 15.7. The second kappa shape index (κ2) is 8.00. The van der Waals surface area contributed by atoms with Crippen LogP contribution in [0.5, 0.6) is 0 Å². The van der Waals surface area contributed by atoms with Crippen molar-refractivity contribution in [2.24, 2.45) is 0 Å². The lowest BCUT2D eigenvalue weighted by Crippen LogP contribution is -2.34. The SMILES string of the molecule is COCCN(C(=O)c1ccccc1F)c1nc(-c2ccccc2)cs1. The summed E-state index contributed by atoms with van der Waals surface area (Å²) in [5.41, 5.74) is 1.77. The van der Waals surface area contributed by atoms with Crippen LogP contribution in [-0.4, -0.2) is 31.2 Å². The first kappa shape index (κ1) is 17.3. The van der Waals surface area contributed by atoms with E-state index in [-0.39, 0.29) is 5.56 Å². The molecule has 25 heavy (non-hydrogen) atoms. The molecule has 0 aliphatic rings. The molecule has 128 valence electrons. The number of thiazole rings is 1. The maximum absolute atomic E-state index is 14.0. The third-order valence-electron chi connectivity index (χ3n) is 3.66. The largest absolute Gasteiger partial charge is 0.383 e. The summed E-state index contributed by atoms with van der Waals surface area (Å²) >= 11 is 1.35. The molecule has 0 aliphatic carbocycles. The van der Waals surface area contributed by atoms with E-state index in [0.717, 1.165) is 11.3 Å². The van der Waals surface area contributed by atoms with Crippen molar-refractivity contribution in [2.75, 3.05) is 25.2 Å². The zero-order valence-corrected chi connectivity index (χ0v) is 14.5. The number of ether oxygens (including phenoxy) is 1. The van der Waals surface area contributed by atoms with Crippen LogP contribution in [0.4, 0.5) is 9.52 Å². The van der Waals surface area contributed by atoms with E-state index in [1.54, 1.807) is 19.2 Å². The second-order valence-corrected chi connectivity index (χ2v) is 6.15. The molecule has 2 aromatic carbocycles. The molecule has 0 radical (unpaired) electrons. The molecule has 3 rings (SSSR count). The average Bonchev–Trinajstić information content (AvgIpc) is 3.13. The van der Waals surface area contributed by atoms with Gasteiger partial charge < -0.3 is 4.74 Å². The Morgan fingerprint density at radius 1 is 1.16 bits per heavy atom. The molecule has 0 unspecified atom stereocenters. The number of nitrogens with zero attached hydrogens (tertiary/aromatic N) is 2. The predicted molar refractivity (Wildman–Crippen MR) is 97.5 cm³/mol. The smallest absolute Gasteiger partial charge is 0.263 e. The van der Waals surface area contributed by atoms with Gasteiger partial charge in [-0.25, -0.2) is 9.37 Å². The molecule has 0 atom stereocenters. The van der Waals surface area contributed by atoms with Crippen LogP contribution in [0.25, 0.3) is 11.3 Å². The molecule has 6 heteroatoms. The van der Waals surface area contributed by atoms with Crippen molar-refractivity contribution in [3.63, 3.8) is 0 Å². The highest BCUT2D eigenvalue weighted by atomic mass is 32.1. The first-order chi connectivity index (χ1) is 12.2. The first-order valence-electron chi connectivity index (χ1n) is 7.77. The van der Waals surface area contributed by atoms with Crippen LogP contribution in [0.1, 0.15) is 10.4 Å². The van der Waals surface area contributed by atoms with Gasteiger partial charge in [0.1, 0.15) is 5.82 Å². The van der Waals surface area contributed by atoms with E-state index in [1.807, 2.05) is 35.7 Å². The number of benzene rings is 2. The van der Waals surface area contributed by atoms with Gasteiger partial charge in [-0.1, -0.05) is 42.5 Å². The van der Waals surface area contributed by atoms with Gasteiger partial charge in [-0.2, -0.15) is 0 Å². The average molecular weight is 356 g/mol. The van der Waals surface area contributed by atoms with Gasteiger partial charge in [-0.05, 0) is 12.1 Å². The summed E-state index contributed by atoms with van der Waals surface area (Å²) in [5.74, 6) is -0.973. The molecule has 0 aliphatic heterocycles. The zero-order valence-electron chi connectivity index (χ0n) is 13.7. The minimum Gasteiger partial charge on any atom is -0.383 e. The van der Waals surface area contributed by atoms with Gasteiger partial charge in [0.2, 0.25) is 0 Å².